The van der Waals surface area contributed by atoms with Crippen LogP contribution in [-0.4, -0.2) is 48.0 Å². The van der Waals surface area contributed by atoms with E-state index in [1.807, 2.05) is 0 Å². The number of nitrogens with one attached hydrogen (secondary N) is 2. The molecule has 2 heterocycles. The Kier molecular flexibility index (Phi) is 4.84. The predicted molar refractivity (Wildman–Crippen MR) is 90.6 cm³/mol. The van der Waals surface area contributed by atoms with Crippen molar-refractivity contribution in [1.82, 2.24) is 4.90 Å². The van der Waals surface area contributed by atoms with Crippen LogP contribution >= 0.6 is 0 Å². The molecule has 0 atom stereocenters. The molecule has 8 nitrogen and oxygen atoms in total. The lowest BCUT2D eigenvalue weighted by Crippen LogP contribution is -2.39. The molecule has 2 aliphatic heterocycles. The van der Waals surface area contributed by atoms with E-state index in [1.54, 1.807) is 6.07 Å². The van der Waals surface area contributed by atoms with Gasteiger partial charge in [-0.3, -0.25) is 14.9 Å². The average Bonchev–Trinajstić information content (AvgIpc) is 2.56. The van der Waals surface area contributed by atoms with Crippen LogP contribution in [0.3, 0.4) is 0 Å². The smallest absolute Gasteiger partial charge is 0.296 e. The van der Waals surface area contributed by atoms with Gasteiger partial charge in [0.25, 0.3) is 11.6 Å². The fourth-order valence-corrected chi connectivity index (χ4v) is 3.22. The highest BCUT2D eigenvalue weighted by Crippen LogP contribution is 2.38. The summed E-state index contributed by atoms with van der Waals surface area (Å²) in [7, 11) is 0. The van der Waals surface area contributed by atoms with Crippen molar-refractivity contribution in [2.75, 3.05) is 36.9 Å². The van der Waals surface area contributed by atoms with E-state index < -0.39 is 4.92 Å². The van der Waals surface area contributed by atoms with Crippen molar-refractivity contribution in [2.45, 2.75) is 32.2 Å². The normalized spacial score (nSPS) is 18.5. The maximum absolute atomic E-state index is 11.4. The Bertz CT molecular complexity index is 641. The van der Waals surface area contributed by atoms with Crippen molar-refractivity contribution in [2.24, 2.45) is 0 Å². The third-order valence-corrected chi connectivity index (χ3v) is 4.41. The summed E-state index contributed by atoms with van der Waals surface area (Å²) >= 11 is 0. The molecule has 130 valence electrons. The highest BCUT2D eigenvalue weighted by atomic mass is 16.6. The van der Waals surface area contributed by atoms with E-state index in [1.165, 1.54) is 6.07 Å². The number of hydrogen-bond acceptors (Lipinski definition) is 6. The monoisotopic (exact) mass is 334 g/mol. The number of nitro benzene ring substituents is 1. The van der Waals surface area contributed by atoms with Crippen molar-refractivity contribution in [1.29, 1.82) is 0 Å². The minimum Gasteiger partial charge on any atom is -0.481 e. The molecule has 0 unspecified atom stereocenters. The molecule has 1 aromatic carbocycles. The zero-order valence-electron chi connectivity index (χ0n) is 13.7. The van der Waals surface area contributed by atoms with Crippen LogP contribution in [0.25, 0.3) is 0 Å². The molecule has 1 aromatic rings. The van der Waals surface area contributed by atoms with Gasteiger partial charge in [0.15, 0.2) is 12.4 Å². The summed E-state index contributed by atoms with van der Waals surface area (Å²) in [5.41, 5.74) is 0.877. The highest BCUT2D eigenvalue weighted by Gasteiger charge is 2.26. The molecule has 8 heteroatoms. The molecule has 0 saturated carbocycles. The number of hydrogen-bond donors (Lipinski definition) is 2. The number of benzene rings is 1. The van der Waals surface area contributed by atoms with E-state index in [2.05, 4.69) is 22.5 Å². The molecule has 0 aromatic heterocycles. The molecular weight excluding hydrogens is 312 g/mol. The summed E-state index contributed by atoms with van der Waals surface area (Å²) < 4.78 is 5.26. The van der Waals surface area contributed by atoms with Crippen molar-refractivity contribution in [3.63, 3.8) is 0 Å². The van der Waals surface area contributed by atoms with Crippen molar-refractivity contribution < 1.29 is 14.5 Å². The first kappa shape index (κ1) is 16.5. The lowest BCUT2D eigenvalue weighted by Gasteiger charge is -2.32. The van der Waals surface area contributed by atoms with Gasteiger partial charge in [0.2, 0.25) is 0 Å². The number of carbonyl (C=O) groups excluding carboxylic acids is 1. The number of ether oxygens (including phenoxy) is 1. The Hall–Kier alpha value is -2.35. The summed E-state index contributed by atoms with van der Waals surface area (Å²) in [6.07, 6.45) is 3.02. The minimum absolute atomic E-state index is 0.0270. The quantitative estimate of drug-likeness (QED) is 0.633. The second-order valence-corrected chi connectivity index (χ2v) is 6.22. The Morgan fingerprint density at radius 1 is 1.42 bits per heavy atom. The third-order valence-electron chi connectivity index (χ3n) is 4.41. The van der Waals surface area contributed by atoms with E-state index in [0.29, 0.717) is 17.1 Å². The van der Waals surface area contributed by atoms with Gasteiger partial charge in [-0.25, -0.2) is 0 Å². The van der Waals surface area contributed by atoms with E-state index in [0.717, 1.165) is 38.9 Å². The molecule has 3 rings (SSSR count). The lowest BCUT2D eigenvalue weighted by atomic mass is 10.0. The van der Waals surface area contributed by atoms with Gasteiger partial charge >= 0.3 is 0 Å². The van der Waals surface area contributed by atoms with Crippen molar-refractivity contribution >= 4 is 23.0 Å². The summed E-state index contributed by atoms with van der Waals surface area (Å²) in [6.45, 7) is 5.12. The molecule has 1 amide bonds. The van der Waals surface area contributed by atoms with E-state index in [4.69, 9.17) is 4.74 Å². The summed E-state index contributed by atoms with van der Waals surface area (Å²) in [6, 6.07) is 3.17. The average molecular weight is 334 g/mol. The topological polar surface area (TPSA) is 96.7 Å². The fourth-order valence-electron chi connectivity index (χ4n) is 3.22. The Balaban J connectivity index is 1.76. The molecule has 2 N–H and O–H groups in total. The number of likely N-dealkylation sites (tertiary alicyclic amines) is 1. The Labute approximate surface area is 140 Å². The summed E-state index contributed by atoms with van der Waals surface area (Å²) in [4.78, 5) is 24.8. The molecule has 0 spiro atoms. The predicted octanol–water partition coefficient (Wildman–Crippen LogP) is 2.21. The van der Waals surface area contributed by atoms with E-state index in [-0.39, 0.29) is 24.2 Å². The van der Waals surface area contributed by atoms with Gasteiger partial charge in [-0.2, -0.15) is 0 Å². The standard InChI is InChI=1S/C16H22N4O4/c1-2-5-19-6-3-11(4-7-19)17-12-8-13-15(9-14(12)20(22)23)24-10-16(21)18-13/h8-9,11,17H,2-7,10H2,1H3,(H,18,21). The fraction of sp³-hybridized carbons (Fsp3) is 0.562. The minimum atomic E-state index is -0.422. The van der Waals surface area contributed by atoms with Gasteiger partial charge in [-0.1, -0.05) is 6.92 Å². The first-order valence-corrected chi connectivity index (χ1v) is 8.30. The second-order valence-electron chi connectivity index (χ2n) is 6.22. The molecule has 1 saturated heterocycles. The number of nitro groups is 1. The van der Waals surface area contributed by atoms with Gasteiger partial charge in [0.05, 0.1) is 16.7 Å². The summed E-state index contributed by atoms with van der Waals surface area (Å²) in [5, 5.41) is 17.3. The van der Waals surface area contributed by atoms with Crippen LogP contribution < -0.4 is 15.4 Å². The first-order chi connectivity index (χ1) is 11.6. The van der Waals surface area contributed by atoms with Crippen molar-refractivity contribution in [3.8, 4) is 5.75 Å². The molecular formula is C16H22N4O4. The Morgan fingerprint density at radius 2 is 2.17 bits per heavy atom. The number of nitrogens with zero attached hydrogens (tertiary/aromatic N) is 2. The number of rotatable bonds is 5. The zero-order valence-corrected chi connectivity index (χ0v) is 13.7. The number of amides is 1. The number of carbonyl (C=O) groups is 1. The van der Waals surface area contributed by atoms with Crippen LogP contribution in [0, 0.1) is 10.1 Å². The van der Waals surface area contributed by atoms with Gasteiger partial charge in [-0.15, -0.1) is 0 Å². The molecule has 0 radical (unpaired) electrons. The second kappa shape index (κ2) is 7.04. The lowest BCUT2D eigenvalue weighted by molar-refractivity contribution is -0.384. The molecule has 2 aliphatic rings. The van der Waals surface area contributed by atoms with Gasteiger partial charge < -0.3 is 20.3 Å². The number of fused-ring (bicyclic) bond motifs is 1. The molecule has 0 bridgehead atoms. The molecule has 1 fully saturated rings. The largest absolute Gasteiger partial charge is 0.481 e. The zero-order chi connectivity index (χ0) is 17.1. The van der Waals surface area contributed by atoms with E-state index in [9.17, 15) is 14.9 Å². The SMILES string of the molecule is CCCN1CCC(Nc2cc3c(cc2[N+](=O)[O-])OCC(=O)N3)CC1. The van der Waals surface area contributed by atoms with Gasteiger partial charge in [-0.05, 0) is 31.9 Å². The maximum Gasteiger partial charge on any atom is 0.296 e. The number of piperidine rings is 1. The summed E-state index contributed by atoms with van der Waals surface area (Å²) in [5.74, 6) is 0.0831. The van der Waals surface area contributed by atoms with Crippen LogP contribution in [0.5, 0.6) is 5.75 Å². The highest BCUT2D eigenvalue weighted by molar-refractivity contribution is 5.96. The van der Waals surface area contributed by atoms with Crippen LogP contribution in [0.2, 0.25) is 0 Å². The van der Waals surface area contributed by atoms with Crippen LogP contribution in [-0.2, 0) is 4.79 Å². The van der Waals surface area contributed by atoms with E-state index >= 15 is 0 Å². The molecule has 0 aliphatic carbocycles. The molecule has 24 heavy (non-hydrogen) atoms. The van der Waals surface area contributed by atoms with Gasteiger partial charge in [0.1, 0.15) is 5.69 Å². The first-order valence-electron chi connectivity index (χ1n) is 8.30. The maximum atomic E-state index is 11.4. The van der Waals surface area contributed by atoms with Crippen LogP contribution in [0.15, 0.2) is 12.1 Å². The van der Waals surface area contributed by atoms with Crippen molar-refractivity contribution in [3.05, 3.63) is 22.2 Å². The van der Waals surface area contributed by atoms with Crippen LogP contribution in [0.4, 0.5) is 17.1 Å². The Morgan fingerprint density at radius 3 is 2.83 bits per heavy atom. The van der Waals surface area contributed by atoms with Gasteiger partial charge in [0, 0.05) is 19.1 Å². The van der Waals surface area contributed by atoms with Crippen LogP contribution in [0.1, 0.15) is 26.2 Å². The number of anilines is 2. The third kappa shape index (κ3) is 3.59.